The van der Waals surface area contributed by atoms with Crippen LogP contribution in [0.5, 0.6) is 0 Å². The summed E-state index contributed by atoms with van der Waals surface area (Å²) in [6.07, 6.45) is 0. The zero-order valence-electron chi connectivity index (χ0n) is 14.3. The largest absolute Gasteiger partial charge is 0.379 e. The van der Waals surface area contributed by atoms with Gasteiger partial charge in [-0.25, -0.2) is 0 Å². The van der Waals surface area contributed by atoms with Gasteiger partial charge in [0.15, 0.2) is 0 Å². The van der Waals surface area contributed by atoms with Crippen LogP contribution < -0.4 is 15.9 Å². The molecule has 0 aliphatic carbocycles. The van der Waals surface area contributed by atoms with E-state index >= 15 is 0 Å². The molecule has 0 spiro atoms. The number of benzene rings is 3. The van der Waals surface area contributed by atoms with Crippen molar-refractivity contribution in [1.82, 2.24) is 0 Å². The van der Waals surface area contributed by atoms with E-state index in [1.807, 2.05) is 0 Å². The number of nitrogens with one attached hydrogen (secondary N) is 1. The number of alkyl halides is 3. The Kier molecular flexibility index (Phi) is 14.2. The Morgan fingerprint density at radius 1 is 0.643 bits per heavy atom. The van der Waals surface area contributed by atoms with Crippen molar-refractivity contribution in [1.29, 1.82) is 4.78 Å². The molecule has 1 N–H and O–H groups in total. The Balaban J connectivity index is 0.000000697. The van der Waals surface area contributed by atoms with E-state index in [1.54, 1.807) is 0 Å². The predicted molar refractivity (Wildman–Crippen MR) is 104 cm³/mol. The summed E-state index contributed by atoms with van der Waals surface area (Å²) < 4.78 is 51.8. The molecule has 0 aromatic heterocycles. The Hall–Kier alpha value is -1.76. The van der Waals surface area contributed by atoms with Crippen molar-refractivity contribution >= 4 is 34.3 Å². The van der Waals surface area contributed by atoms with Crippen LogP contribution in [-0.4, -0.2) is 15.1 Å². The van der Waals surface area contributed by atoms with Crippen LogP contribution in [0.15, 0.2) is 91.0 Å². The molecule has 0 aliphatic rings. The van der Waals surface area contributed by atoms with Gasteiger partial charge >= 0.3 is 17.2 Å². The zero-order chi connectivity index (χ0) is 20.1. The summed E-state index contributed by atoms with van der Waals surface area (Å²) in [6, 6.07) is 32.3. The molecule has 0 saturated heterocycles. The van der Waals surface area contributed by atoms with Crippen LogP contribution in [0, 0.1) is 4.78 Å². The summed E-state index contributed by atoms with van der Waals surface area (Å²) in [6.45, 7) is -3.67. The molecule has 0 unspecified atom stereocenters. The Bertz CT molecular complexity index is 784. The van der Waals surface area contributed by atoms with Gasteiger partial charge in [0.2, 0.25) is 0 Å². The minimum atomic E-state index is -3.67. The predicted octanol–water partition coefficient (Wildman–Crippen LogP) is 4.25. The third kappa shape index (κ3) is 11.2. The van der Waals surface area contributed by atoms with E-state index in [0.717, 1.165) is 0 Å². The smallest absolute Gasteiger partial charge is 0.188 e. The first-order valence-corrected chi connectivity index (χ1v) is 10.0. The Morgan fingerprint density at radius 3 is 1.00 bits per heavy atom. The SMILES string of the molecule is FC(F)F.N=S(=O)=O.[Au].c1ccc(P(c2ccccc2)c2ccccc2)cc1. The van der Waals surface area contributed by atoms with E-state index in [-0.39, 0.29) is 22.4 Å². The van der Waals surface area contributed by atoms with E-state index in [1.165, 1.54) is 15.9 Å². The molecule has 3 rings (SSSR count). The fourth-order valence-corrected chi connectivity index (χ4v) is 4.48. The van der Waals surface area contributed by atoms with Gasteiger partial charge in [-0.05, 0) is 23.8 Å². The topological polar surface area (TPSA) is 58.0 Å². The first-order chi connectivity index (χ1) is 12.9. The maximum atomic E-state index is 9.67. The third-order valence-corrected chi connectivity index (χ3v) is 5.49. The quantitative estimate of drug-likeness (QED) is 0.358. The van der Waals surface area contributed by atoms with Crippen LogP contribution in [0.3, 0.4) is 0 Å². The molecule has 0 heterocycles. The summed E-state index contributed by atoms with van der Waals surface area (Å²) in [5, 5.41) is 4.19. The van der Waals surface area contributed by atoms with Gasteiger partial charge in [0.25, 0.3) is 0 Å². The summed E-state index contributed by atoms with van der Waals surface area (Å²) >= 11 is 0. The first-order valence-electron chi connectivity index (χ1n) is 7.59. The van der Waals surface area contributed by atoms with Gasteiger partial charge in [0, 0.05) is 22.4 Å². The van der Waals surface area contributed by atoms with E-state index in [4.69, 9.17) is 13.2 Å². The molecular formula is C19H17AuF3NO2PS. The number of hydrogen-bond donors (Lipinski definition) is 1. The van der Waals surface area contributed by atoms with Crippen molar-refractivity contribution in [2.45, 2.75) is 6.68 Å². The Labute approximate surface area is 180 Å². The molecule has 0 atom stereocenters. The summed E-state index contributed by atoms with van der Waals surface area (Å²) in [7, 11) is -3.06. The van der Waals surface area contributed by atoms with E-state index in [2.05, 4.69) is 91.0 Å². The zero-order valence-corrected chi connectivity index (χ0v) is 18.2. The maximum Gasteiger partial charge on any atom is 0.379 e. The molecule has 0 aliphatic heterocycles. The van der Waals surface area contributed by atoms with Crippen molar-refractivity contribution in [3.8, 4) is 0 Å². The third-order valence-electron chi connectivity index (χ3n) is 3.04. The molecule has 3 aromatic rings. The Morgan fingerprint density at radius 2 is 0.821 bits per heavy atom. The van der Waals surface area contributed by atoms with Crippen molar-refractivity contribution in [3.05, 3.63) is 91.0 Å². The van der Waals surface area contributed by atoms with Crippen molar-refractivity contribution in [2.24, 2.45) is 0 Å². The molecule has 0 saturated carbocycles. The second-order valence-electron chi connectivity index (χ2n) is 4.82. The van der Waals surface area contributed by atoms with E-state index < -0.39 is 25.1 Å². The van der Waals surface area contributed by atoms with Crippen molar-refractivity contribution in [2.75, 3.05) is 0 Å². The minimum absolute atomic E-state index is 0. The molecule has 1 radical (unpaired) electrons. The van der Waals surface area contributed by atoms with Crippen molar-refractivity contribution < 1.29 is 44.0 Å². The molecule has 0 bridgehead atoms. The standard InChI is InChI=1S/C18H15P.CHF3.Au.HNO2S/c1-4-10-16(11-5-1)19(17-12-6-2-7-13-17)18-14-8-3-9-15-18;2-1(3)4;;1-4(2)3/h1-15H;1H;;1H. The average Bonchev–Trinajstić information content (AvgIpc) is 2.64. The first kappa shape index (κ1) is 26.2. The monoisotopic (exact) mass is 608 g/mol. The van der Waals surface area contributed by atoms with Gasteiger partial charge < -0.3 is 0 Å². The fraction of sp³-hybridized carbons (Fsp3) is 0.0526. The number of rotatable bonds is 3. The van der Waals surface area contributed by atoms with E-state index in [9.17, 15) is 13.2 Å². The normalized spacial score (nSPS) is 9.32. The molecule has 153 valence electrons. The number of halogens is 3. The second kappa shape index (κ2) is 15.2. The summed E-state index contributed by atoms with van der Waals surface area (Å²) in [4.78, 5) is 0. The minimum Gasteiger partial charge on any atom is -0.188 e. The summed E-state index contributed by atoms with van der Waals surface area (Å²) in [5.41, 5.74) is 0. The van der Waals surface area contributed by atoms with Gasteiger partial charge in [-0.2, -0.15) is 26.4 Å². The molecule has 3 nitrogen and oxygen atoms in total. The van der Waals surface area contributed by atoms with Gasteiger partial charge in [0.05, 0.1) is 0 Å². The molecule has 3 aromatic carbocycles. The summed E-state index contributed by atoms with van der Waals surface area (Å²) in [5.74, 6) is 0. The van der Waals surface area contributed by atoms with Crippen LogP contribution in [0.2, 0.25) is 0 Å². The molecular weight excluding hydrogens is 591 g/mol. The van der Waals surface area contributed by atoms with Crippen molar-refractivity contribution in [3.63, 3.8) is 0 Å². The fourth-order valence-electron chi connectivity index (χ4n) is 2.18. The number of hydrogen-bond acceptors (Lipinski definition) is 3. The van der Waals surface area contributed by atoms with Gasteiger partial charge in [0.1, 0.15) is 0 Å². The molecule has 0 amide bonds. The van der Waals surface area contributed by atoms with Crippen LogP contribution in [-0.2, 0) is 32.9 Å². The average molecular weight is 608 g/mol. The van der Waals surface area contributed by atoms with Crippen LogP contribution in [0.25, 0.3) is 0 Å². The second-order valence-corrected chi connectivity index (χ2v) is 7.51. The van der Waals surface area contributed by atoms with Gasteiger partial charge in [-0.15, -0.1) is 0 Å². The van der Waals surface area contributed by atoms with Gasteiger partial charge in [-0.1, -0.05) is 91.0 Å². The van der Waals surface area contributed by atoms with Crippen LogP contribution in [0.4, 0.5) is 13.2 Å². The van der Waals surface area contributed by atoms with E-state index in [0.29, 0.717) is 0 Å². The molecule has 0 fully saturated rings. The molecule has 28 heavy (non-hydrogen) atoms. The van der Waals surface area contributed by atoms with Crippen LogP contribution >= 0.6 is 7.92 Å². The molecule has 9 heteroatoms. The maximum absolute atomic E-state index is 9.67. The van der Waals surface area contributed by atoms with Crippen LogP contribution in [0.1, 0.15) is 0 Å². The van der Waals surface area contributed by atoms with Gasteiger partial charge in [-0.3, -0.25) is 0 Å².